The Kier molecular flexibility index (Phi) is 3.05. The van der Waals surface area contributed by atoms with Gasteiger partial charge in [0.15, 0.2) is 0 Å². The molecule has 1 rings (SSSR count). The first-order valence-electron chi connectivity index (χ1n) is 3.87. The van der Waals surface area contributed by atoms with Crippen molar-refractivity contribution < 1.29 is 13.2 Å². The highest BCUT2D eigenvalue weighted by Crippen LogP contribution is 2.13. The van der Waals surface area contributed by atoms with Gasteiger partial charge in [0.25, 0.3) is 15.9 Å². The second-order valence-corrected chi connectivity index (χ2v) is 4.31. The average Bonchev–Trinajstić information content (AvgIpc) is 2.16. The lowest BCUT2D eigenvalue weighted by atomic mass is 10.3. The highest BCUT2D eigenvalue weighted by Gasteiger charge is 2.11. The lowest BCUT2D eigenvalue weighted by Gasteiger charge is -1.98. The Morgan fingerprint density at radius 3 is 2.27 bits per heavy atom. The minimum atomic E-state index is -3.86. The number of benzene rings is 1. The molecule has 0 unspecified atom stereocenters. The molecule has 0 atom stereocenters. The van der Waals surface area contributed by atoms with Crippen molar-refractivity contribution in [1.29, 1.82) is 0 Å². The third kappa shape index (κ3) is 3.06. The van der Waals surface area contributed by atoms with Gasteiger partial charge >= 0.3 is 0 Å². The first-order chi connectivity index (χ1) is 6.92. The summed E-state index contributed by atoms with van der Waals surface area (Å²) >= 11 is 0. The maximum Gasteiger partial charge on any atom is 0.282 e. The molecular formula is C8H9N3O3S. The molecule has 0 saturated heterocycles. The maximum absolute atomic E-state index is 11.4. The second-order valence-electron chi connectivity index (χ2n) is 2.68. The molecule has 80 valence electrons. The van der Waals surface area contributed by atoms with Crippen molar-refractivity contribution in [2.45, 2.75) is 4.90 Å². The van der Waals surface area contributed by atoms with E-state index in [1.165, 1.54) is 24.3 Å². The van der Waals surface area contributed by atoms with E-state index in [0.717, 1.165) is 0 Å². The molecule has 0 fully saturated rings. The van der Waals surface area contributed by atoms with E-state index in [2.05, 4.69) is 4.40 Å². The predicted molar refractivity (Wildman–Crippen MR) is 55.7 cm³/mol. The van der Waals surface area contributed by atoms with Gasteiger partial charge in [-0.05, 0) is 24.3 Å². The largest absolute Gasteiger partial charge is 0.399 e. The minimum absolute atomic E-state index is 0.0470. The Balaban J connectivity index is 3.07. The smallest absolute Gasteiger partial charge is 0.282 e. The molecule has 0 bridgehead atoms. The van der Waals surface area contributed by atoms with Gasteiger partial charge in [0.1, 0.15) is 6.21 Å². The third-order valence-corrected chi connectivity index (χ3v) is 2.75. The molecule has 15 heavy (non-hydrogen) atoms. The number of sulfonamides is 1. The van der Waals surface area contributed by atoms with E-state index >= 15 is 0 Å². The third-order valence-electron chi connectivity index (χ3n) is 1.50. The number of carbonyl (C=O) groups excluding carboxylic acids is 1. The molecule has 6 nitrogen and oxygen atoms in total. The molecule has 0 saturated carbocycles. The molecule has 1 amide bonds. The van der Waals surface area contributed by atoms with Gasteiger partial charge in [-0.15, -0.1) is 0 Å². The molecule has 1 aromatic carbocycles. The van der Waals surface area contributed by atoms with Crippen LogP contribution in [0.1, 0.15) is 0 Å². The van der Waals surface area contributed by atoms with E-state index in [4.69, 9.17) is 11.5 Å². The Labute approximate surface area is 86.7 Å². The van der Waals surface area contributed by atoms with Gasteiger partial charge in [-0.1, -0.05) is 0 Å². The predicted octanol–water partition coefficient (Wildman–Crippen LogP) is -0.486. The summed E-state index contributed by atoms with van der Waals surface area (Å²) in [6, 6.07) is 5.44. The molecule has 1 aromatic rings. The number of nitrogens with zero attached hydrogens (tertiary/aromatic N) is 1. The SMILES string of the molecule is NC(=O)C=NS(=O)(=O)c1ccc(N)cc1. The molecule has 0 aromatic heterocycles. The monoisotopic (exact) mass is 227 g/mol. The van der Waals surface area contributed by atoms with Gasteiger partial charge in [0.2, 0.25) is 0 Å². The average molecular weight is 227 g/mol. The van der Waals surface area contributed by atoms with Gasteiger partial charge in [0, 0.05) is 5.69 Å². The molecule has 0 heterocycles. The topological polar surface area (TPSA) is 116 Å². The summed E-state index contributed by atoms with van der Waals surface area (Å²) in [7, 11) is -3.86. The molecule has 0 radical (unpaired) electrons. The van der Waals surface area contributed by atoms with Gasteiger partial charge in [-0.2, -0.15) is 12.8 Å². The summed E-state index contributed by atoms with van der Waals surface area (Å²) in [6.07, 6.45) is 0.547. The van der Waals surface area contributed by atoms with Crippen molar-refractivity contribution >= 4 is 27.8 Å². The van der Waals surface area contributed by atoms with Crippen LogP contribution in [0.3, 0.4) is 0 Å². The zero-order chi connectivity index (χ0) is 11.5. The first kappa shape index (κ1) is 11.2. The van der Waals surface area contributed by atoms with E-state index in [9.17, 15) is 13.2 Å². The lowest BCUT2D eigenvalue weighted by Crippen LogP contribution is -2.13. The van der Waals surface area contributed by atoms with Gasteiger partial charge in [-0.3, -0.25) is 4.79 Å². The Morgan fingerprint density at radius 2 is 1.80 bits per heavy atom. The van der Waals surface area contributed by atoms with E-state index < -0.39 is 15.9 Å². The standard InChI is InChI=1S/C8H9N3O3S/c9-6-1-3-7(4-2-6)15(13,14)11-5-8(10)12/h1-5H,9H2,(H2,10,12). The fraction of sp³-hybridized carbons (Fsp3) is 0. The van der Waals surface area contributed by atoms with Crippen LogP contribution >= 0.6 is 0 Å². The fourth-order valence-corrected chi connectivity index (χ4v) is 1.67. The summed E-state index contributed by atoms with van der Waals surface area (Å²) < 4.78 is 25.9. The Hall–Kier alpha value is -1.89. The first-order valence-corrected chi connectivity index (χ1v) is 5.31. The summed E-state index contributed by atoms with van der Waals surface area (Å²) in [5, 5.41) is 0. The van der Waals surface area contributed by atoms with Gasteiger partial charge < -0.3 is 11.5 Å². The van der Waals surface area contributed by atoms with Crippen molar-refractivity contribution in [3.8, 4) is 0 Å². The van der Waals surface area contributed by atoms with Crippen molar-refractivity contribution in [1.82, 2.24) is 0 Å². The number of primary amides is 1. The molecule has 7 heteroatoms. The van der Waals surface area contributed by atoms with Crippen LogP contribution in [0.25, 0.3) is 0 Å². The number of nitrogen functional groups attached to an aromatic ring is 1. The molecule has 4 N–H and O–H groups in total. The number of carbonyl (C=O) groups is 1. The van der Waals surface area contributed by atoms with Gasteiger partial charge in [-0.25, -0.2) is 0 Å². The molecule has 0 spiro atoms. The number of hydrogen-bond donors (Lipinski definition) is 2. The summed E-state index contributed by atoms with van der Waals surface area (Å²) in [5.74, 6) is -0.922. The van der Waals surface area contributed by atoms with Crippen LogP contribution < -0.4 is 11.5 Å². The maximum atomic E-state index is 11.4. The second kappa shape index (κ2) is 4.09. The zero-order valence-corrected chi connectivity index (χ0v) is 8.44. The van der Waals surface area contributed by atoms with Crippen molar-refractivity contribution in [2.75, 3.05) is 5.73 Å². The Bertz CT molecular complexity index is 490. The van der Waals surface area contributed by atoms with Crippen LogP contribution in [0.4, 0.5) is 5.69 Å². The number of hydrogen-bond acceptors (Lipinski definition) is 4. The number of rotatable bonds is 3. The summed E-state index contributed by atoms with van der Waals surface area (Å²) in [5.41, 5.74) is 10.6. The number of amides is 1. The van der Waals surface area contributed by atoms with Crippen LogP contribution in [-0.2, 0) is 14.8 Å². The van der Waals surface area contributed by atoms with E-state index in [1.54, 1.807) is 0 Å². The van der Waals surface area contributed by atoms with E-state index in [-0.39, 0.29) is 4.90 Å². The highest BCUT2D eigenvalue weighted by atomic mass is 32.2. The molecule has 0 aliphatic rings. The normalized spacial score (nSPS) is 11.7. The quantitative estimate of drug-likeness (QED) is 0.535. The lowest BCUT2D eigenvalue weighted by molar-refractivity contribution is -0.111. The van der Waals surface area contributed by atoms with Crippen LogP contribution in [0.2, 0.25) is 0 Å². The van der Waals surface area contributed by atoms with E-state index in [1.807, 2.05) is 0 Å². The van der Waals surface area contributed by atoms with Crippen molar-refractivity contribution in [3.63, 3.8) is 0 Å². The summed E-state index contributed by atoms with van der Waals surface area (Å²) in [6.45, 7) is 0. The van der Waals surface area contributed by atoms with Crippen molar-refractivity contribution in [2.24, 2.45) is 10.1 Å². The Morgan fingerprint density at radius 1 is 1.27 bits per heavy atom. The van der Waals surface area contributed by atoms with Crippen molar-refractivity contribution in [3.05, 3.63) is 24.3 Å². The molecular weight excluding hydrogens is 218 g/mol. The van der Waals surface area contributed by atoms with Crippen LogP contribution in [0.5, 0.6) is 0 Å². The van der Waals surface area contributed by atoms with Gasteiger partial charge in [0.05, 0.1) is 4.90 Å². The number of nitrogens with two attached hydrogens (primary N) is 2. The van der Waals surface area contributed by atoms with Crippen LogP contribution in [0, 0.1) is 0 Å². The van der Waals surface area contributed by atoms with E-state index in [0.29, 0.717) is 11.9 Å². The highest BCUT2D eigenvalue weighted by molar-refractivity contribution is 7.90. The minimum Gasteiger partial charge on any atom is -0.399 e. The molecule has 0 aliphatic carbocycles. The zero-order valence-electron chi connectivity index (χ0n) is 7.62. The number of anilines is 1. The van der Waals surface area contributed by atoms with Crippen LogP contribution in [-0.4, -0.2) is 20.5 Å². The van der Waals surface area contributed by atoms with Crippen LogP contribution in [0.15, 0.2) is 33.6 Å². The molecule has 0 aliphatic heterocycles. The summed E-state index contributed by atoms with van der Waals surface area (Å²) in [4.78, 5) is 10.3. The fourth-order valence-electron chi connectivity index (χ4n) is 0.822.